The number of rotatable bonds is 16. The van der Waals surface area contributed by atoms with E-state index in [-0.39, 0.29) is 37.9 Å². The molecule has 0 spiro atoms. The normalized spacial score (nSPS) is 21.5. The lowest BCUT2D eigenvalue weighted by atomic mass is 9.98. The quantitative estimate of drug-likeness (QED) is 0.103. The monoisotopic (exact) mass is 644 g/mol. The van der Waals surface area contributed by atoms with Crippen molar-refractivity contribution in [3.63, 3.8) is 0 Å². The Bertz CT molecular complexity index is 1580. The SMILES string of the molecule is C=CCOC1OC(COS(=O)(=O)c2ccc(C)cc2)C(OCc2ccccc2)C(OCc2ccccc2)C1OCc1ccccc1. The Morgan fingerprint density at radius 3 is 1.63 bits per heavy atom. The average molecular weight is 645 g/mol. The highest BCUT2D eigenvalue weighted by Gasteiger charge is 2.49. The molecule has 0 radical (unpaired) electrons. The van der Waals surface area contributed by atoms with Crippen LogP contribution in [0.4, 0.5) is 0 Å². The van der Waals surface area contributed by atoms with Crippen molar-refractivity contribution in [2.75, 3.05) is 13.2 Å². The van der Waals surface area contributed by atoms with Crippen LogP contribution in [0.15, 0.2) is 133 Å². The van der Waals surface area contributed by atoms with E-state index in [0.29, 0.717) is 0 Å². The number of aryl methyl sites for hydroxylation is 1. The van der Waals surface area contributed by atoms with Gasteiger partial charge in [-0.1, -0.05) is 115 Å². The fourth-order valence-electron chi connectivity index (χ4n) is 5.11. The van der Waals surface area contributed by atoms with Gasteiger partial charge in [0.15, 0.2) is 6.29 Å². The maximum atomic E-state index is 13.2. The summed E-state index contributed by atoms with van der Waals surface area (Å²) in [4.78, 5) is 0.0519. The molecule has 4 aromatic carbocycles. The van der Waals surface area contributed by atoms with Gasteiger partial charge in [-0.25, -0.2) is 0 Å². The molecule has 5 unspecified atom stereocenters. The summed E-state index contributed by atoms with van der Waals surface area (Å²) in [5.41, 5.74) is 3.79. The third-order valence-electron chi connectivity index (χ3n) is 7.52. The van der Waals surface area contributed by atoms with Crippen molar-refractivity contribution in [3.8, 4) is 0 Å². The van der Waals surface area contributed by atoms with Crippen molar-refractivity contribution in [1.29, 1.82) is 0 Å². The molecule has 0 bridgehead atoms. The summed E-state index contributed by atoms with van der Waals surface area (Å²) < 4.78 is 64.2. The molecule has 46 heavy (non-hydrogen) atoms. The van der Waals surface area contributed by atoms with Gasteiger partial charge in [0, 0.05) is 0 Å². The molecule has 242 valence electrons. The van der Waals surface area contributed by atoms with E-state index < -0.39 is 40.8 Å². The van der Waals surface area contributed by atoms with Crippen LogP contribution in [0.5, 0.6) is 0 Å². The highest BCUT2D eigenvalue weighted by molar-refractivity contribution is 7.86. The first-order chi connectivity index (χ1) is 22.4. The number of benzene rings is 4. The fraction of sp³-hybridized carbons (Fsp3) is 0.297. The summed E-state index contributed by atoms with van der Waals surface area (Å²) in [6.07, 6.45) is -2.48. The molecule has 5 rings (SSSR count). The minimum Gasteiger partial charge on any atom is -0.368 e. The maximum absolute atomic E-state index is 13.2. The molecule has 0 aromatic heterocycles. The molecule has 9 heteroatoms. The molecule has 0 saturated carbocycles. The fourth-order valence-corrected chi connectivity index (χ4v) is 6.03. The highest BCUT2D eigenvalue weighted by Crippen LogP contribution is 2.32. The van der Waals surface area contributed by atoms with E-state index in [1.165, 1.54) is 12.1 Å². The van der Waals surface area contributed by atoms with Gasteiger partial charge in [-0.3, -0.25) is 4.18 Å². The second kappa shape index (κ2) is 16.8. The van der Waals surface area contributed by atoms with Crippen molar-refractivity contribution in [3.05, 3.63) is 150 Å². The second-order valence-electron chi connectivity index (χ2n) is 11.0. The van der Waals surface area contributed by atoms with Crippen LogP contribution in [-0.2, 0) is 57.8 Å². The zero-order chi connectivity index (χ0) is 32.2. The molecule has 8 nitrogen and oxygen atoms in total. The molecule has 4 aromatic rings. The Kier molecular flexibility index (Phi) is 12.3. The third kappa shape index (κ3) is 9.43. The maximum Gasteiger partial charge on any atom is 0.297 e. The van der Waals surface area contributed by atoms with Crippen molar-refractivity contribution in [1.82, 2.24) is 0 Å². The van der Waals surface area contributed by atoms with E-state index >= 15 is 0 Å². The molecule has 0 aliphatic carbocycles. The average Bonchev–Trinajstić information content (AvgIpc) is 3.09. The molecular formula is C37H40O8S. The van der Waals surface area contributed by atoms with Crippen LogP contribution >= 0.6 is 0 Å². The standard InChI is InChI=1S/C37H40O8S/c1-3-23-40-37-36(43-26-31-17-11-6-12-18-31)35(42-25-30-15-9-5-10-16-30)34(41-24-29-13-7-4-8-14-29)33(45-37)27-44-46(38,39)32-21-19-28(2)20-22-32/h3-22,33-37H,1,23-27H2,2H3. The summed E-state index contributed by atoms with van der Waals surface area (Å²) in [7, 11) is -4.10. The van der Waals surface area contributed by atoms with Crippen molar-refractivity contribution in [2.24, 2.45) is 0 Å². The summed E-state index contributed by atoms with van der Waals surface area (Å²) in [5, 5.41) is 0. The van der Waals surface area contributed by atoms with E-state index in [1.54, 1.807) is 18.2 Å². The minimum absolute atomic E-state index is 0.0519. The van der Waals surface area contributed by atoms with Crippen LogP contribution < -0.4 is 0 Å². The van der Waals surface area contributed by atoms with Gasteiger partial charge in [0.05, 0.1) is 37.9 Å². The first kappa shape index (κ1) is 33.7. The highest BCUT2D eigenvalue weighted by atomic mass is 32.2. The molecule has 1 fully saturated rings. The van der Waals surface area contributed by atoms with E-state index in [0.717, 1.165) is 22.3 Å². The molecule has 1 aliphatic rings. The Morgan fingerprint density at radius 2 is 1.13 bits per heavy atom. The largest absolute Gasteiger partial charge is 0.368 e. The third-order valence-corrected chi connectivity index (χ3v) is 8.82. The van der Waals surface area contributed by atoms with Crippen LogP contribution in [-0.4, -0.2) is 52.3 Å². The number of hydrogen-bond donors (Lipinski definition) is 0. The van der Waals surface area contributed by atoms with Crippen LogP contribution in [0.25, 0.3) is 0 Å². The summed E-state index contributed by atoms with van der Waals surface area (Å²) >= 11 is 0. The van der Waals surface area contributed by atoms with Gasteiger partial charge in [-0.2, -0.15) is 8.42 Å². The lowest BCUT2D eigenvalue weighted by molar-refractivity contribution is -0.323. The minimum atomic E-state index is -4.10. The lowest BCUT2D eigenvalue weighted by Crippen LogP contribution is -2.61. The first-order valence-electron chi connectivity index (χ1n) is 15.2. The van der Waals surface area contributed by atoms with Crippen LogP contribution in [0.2, 0.25) is 0 Å². The van der Waals surface area contributed by atoms with Gasteiger partial charge < -0.3 is 23.7 Å². The van der Waals surface area contributed by atoms with Gasteiger partial charge in [0.1, 0.15) is 24.4 Å². The molecule has 0 amide bonds. The van der Waals surface area contributed by atoms with Gasteiger partial charge in [0.2, 0.25) is 0 Å². The molecular weight excluding hydrogens is 604 g/mol. The van der Waals surface area contributed by atoms with E-state index in [4.69, 9.17) is 27.9 Å². The number of ether oxygens (including phenoxy) is 5. The van der Waals surface area contributed by atoms with E-state index in [2.05, 4.69) is 6.58 Å². The molecule has 0 N–H and O–H groups in total. The Morgan fingerprint density at radius 1 is 0.652 bits per heavy atom. The lowest BCUT2D eigenvalue weighted by Gasteiger charge is -2.45. The van der Waals surface area contributed by atoms with Crippen LogP contribution in [0, 0.1) is 6.92 Å². The zero-order valence-corrected chi connectivity index (χ0v) is 26.7. The Balaban J connectivity index is 1.46. The zero-order valence-electron chi connectivity index (χ0n) is 25.9. The molecule has 5 atom stereocenters. The predicted octanol–water partition coefficient (Wildman–Crippen LogP) is 6.38. The summed E-state index contributed by atoms with van der Waals surface area (Å²) in [5.74, 6) is 0. The van der Waals surface area contributed by atoms with E-state index in [9.17, 15) is 8.42 Å². The summed E-state index contributed by atoms with van der Waals surface area (Å²) in [6, 6.07) is 35.7. The van der Waals surface area contributed by atoms with Crippen LogP contribution in [0.1, 0.15) is 22.3 Å². The first-order valence-corrected chi connectivity index (χ1v) is 16.6. The topological polar surface area (TPSA) is 89.5 Å². The van der Waals surface area contributed by atoms with Crippen molar-refractivity contribution in [2.45, 2.75) is 62.3 Å². The molecule has 1 heterocycles. The second-order valence-corrected chi connectivity index (χ2v) is 12.6. The number of hydrogen-bond acceptors (Lipinski definition) is 8. The van der Waals surface area contributed by atoms with Gasteiger partial charge in [-0.05, 0) is 35.7 Å². The predicted molar refractivity (Wildman–Crippen MR) is 174 cm³/mol. The Labute approximate surface area is 271 Å². The van der Waals surface area contributed by atoms with Gasteiger partial charge in [0.25, 0.3) is 10.1 Å². The summed E-state index contributed by atoms with van der Waals surface area (Å²) in [6.45, 7) is 6.26. The molecule has 1 aliphatic heterocycles. The van der Waals surface area contributed by atoms with Crippen molar-refractivity contribution < 1.29 is 36.3 Å². The van der Waals surface area contributed by atoms with Gasteiger partial charge in [-0.15, -0.1) is 6.58 Å². The van der Waals surface area contributed by atoms with E-state index in [1.807, 2.05) is 97.9 Å². The smallest absolute Gasteiger partial charge is 0.297 e. The van der Waals surface area contributed by atoms with Gasteiger partial charge >= 0.3 is 0 Å². The van der Waals surface area contributed by atoms with Crippen LogP contribution in [0.3, 0.4) is 0 Å². The van der Waals surface area contributed by atoms with Crippen molar-refractivity contribution >= 4 is 10.1 Å². The molecule has 1 saturated heterocycles. The Hall–Kier alpha value is -3.67.